The minimum atomic E-state index is -0.205. The Bertz CT molecular complexity index is 832. The lowest BCUT2D eigenvalue weighted by atomic mass is 10.2. The largest absolute Gasteiger partial charge is 0.497 e. The molecule has 0 saturated carbocycles. The van der Waals surface area contributed by atoms with Gasteiger partial charge in [-0.1, -0.05) is 23.4 Å². The summed E-state index contributed by atoms with van der Waals surface area (Å²) in [5.74, 6) is 2.17. The predicted octanol–water partition coefficient (Wildman–Crippen LogP) is 2.48. The maximum atomic E-state index is 11.8. The second-order valence-electron chi connectivity index (χ2n) is 5.44. The van der Waals surface area contributed by atoms with Crippen LogP contribution in [-0.4, -0.2) is 36.3 Å². The number of rotatable bonds is 8. The van der Waals surface area contributed by atoms with Crippen LogP contribution in [0.3, 0.4) is 0 Å². The van der Waals surface area contributed by atoms with Crippen molar-refractivity contribution in [2.24, 2.45) is 0 Å². The smallest absolute Gasteiger partial charge is 0.257 e. The Labute approximate surface area is 150 Å². The number of amides is 1. The van der Waals surface area contributed by atoms with E-state index in [0.717, 1.165) is 11.3 Å². The first kappa shape index (κ1) is 17.5. The number of hydrogen-bond acceptors (Lipinski definition) is 6. The molecule has 2 aromatic carbocycles. The van der Waals surface area contributed by atoms with Crippen LogP contribution in [0.25, 0.3) is 11.4 Å². The van der Waals surface area contributed by atoms with E-state index in [2.05, 4.69) is 15.5 Å². The lowest BCUT2D eigenvalue weighted by molar-refractivity contribution is -0.123. The molecular weight excluding hydrogens is 334 g/mol. The zero-order valence-corrected chi connectivity index (χ0v) is 14.3. The van der Waals surface area contributed by atoms with Gasteiger partial charge in [-0.15, -0.1) is 0 Å². The number of benzene rings is 2. The van der Waals surface area contributed by atoms with Gasteiger partial charge >= 0.3 is 0 Å². The third kappa shape index (κ3) is 4.83. The fraction of sp³-hybridized carbons (Fsp3) is 0.211. The van der Waals surface area contributed by atoms with E-state index in [4.69, 9.17) is 14.0 Å². The summed E-state index contributed by atoms with van der Waals surface area (Å²) < 4.78 is 15.7. The summed E-state index contributed by atoms with van der Waals surface area (Å²) in [5.41, 5.74) is 0.834. The summed E-state index contributed by atoms with van der Waals surface area (Å²) in [6.07, 6.45) is 0.445. The molecule has 0 atom stereocenters. The van der Waals surface area contributed by atoms with Crippen molar-refractivity contribution < 1.29 is 18.8 Å². The van der Waals surface area contributed by atoms with E-state index >= 15 is 0 Å². The molecule has 0 aliphatic heterocycles. The van der Waals surface area contributed by atoms with Crippen molar-refractivity contribution in [3.63, 3.8) is 0 Å². The molecule has 0 aliphatic carbocycles. The lowest BCUT2D eigenvalue weighted by Gasteiger charge is -2.06. The number of carbonyl (C=O) groups is 1. The van der Waals surface area contributed by atoms with Crippen LogP contribution in [0.5, 0.6) is 11.5 Å². The highest BCUT2D eigenvalue weighted by Gasteiger charge is 2.09. The van der Waals surface area contributed by atoms with Crippen molar-refractivity contribution in [2.75, 3.05) is 20.3 Å². The van der Waals surface area contributed by atoms with Gasteiger partial charge in [0.2, 0.25) is 11.7 Å². The summed E-state index contributed by atoms with van der Waals surface area (Å²) in [7, 11) is 1.61. The normalized spacial score (nSPS) is 10.3. The third-order valence-corrected chi connectivity index (χ3v) is 3.59. The molecular formula is C19H19N3O4. The van der Waals surface area contributed by atoms with Gasteiger partial charge in [0.1, 0.15) is 11.5 Å². The maximum absolute atomic E-state index is 11.8. The molecule has 0 unspecified atom stereocenters. The molecule has 0 aliphatic rings. The number of carbonyl (C=O) groups excluding carboxylic acids is 1. The van der Waals surface area contributed by atoms with Crippen LogP contribution in [0.15, 0.2) is 59.1 Å². The second-order valence-corrected chi connectivity index (χ2v) is 5.44. The minimum Gasteiger partial charge on any atom is -0.497 e. The first-order chi connectivity index (χ1) is 12.7. The van der Waals surface area contributed by atoms with Gasteiger partial charge < -0.3 is 19.3 Å². The van der Waals surface area contributed by atoms with Crippen molar-refractivity contribution in [3.05, 3.63) is 60.5 Å². The number of para-hydroxylation sites is 1. The molecule has 0 saturated heterocycles. The third-order valence-electron chi connectivity index (χ3n) is 3.59. The van der Waals surface area contributed by atoms with Gasteiger partial charge in [0.05, 0.1) is 7.11 Å². The summed E-state index contributed by atoms with van der Waals surface area (Å²) in [5, 5.41) is 6.71. The number of hydrogen-bond donors (Lipinski definition) is 1. The fourth-order valence-electron chi connectivity index (χ4n) is 2.24. The highest BCUT2D eigenvalue weighted by Crippen LogP contribution is 2.19. The number of ether oxygens (including phenoxy) is 2. The van der Waals surface area contributed by atoms with Crippen LogP contribution in [0.1, 0.15) is 5.89 Å². The number of nitrogens with zero attached hydrogens (tertiary/aromatic N) is 2. The van der Waals surface area contributed by atoms with Crippen LogP contribution in [0.4, 0.5) is 0 Å². The van der Waals surface area contributed by atoms with Gasteiger partial charge in [0.15, 0.2) is 6.61 Å². The van der Waals surface area contributed by atoms with Crippen LogP contribution in [-0.2, 0) is 11.2 Å². The molecule has 3 aromatic rings. The van der Waals surface area contributed by atoms with Crippen LogP contribution >= 0.6 is 0 Å². The Morgan fingerprint density at radius 2 is 1.85 bits per heavy atom. The Morgan fingerprint density at radius 3 is 2.58 bits per heavy atom. The van der Waals surface area contributed by atoms with Crippen molar-refractivity contribution in [3.8, 4) is 22.9 Å². The number of aromatic nitrogens is 2. The summed E-state index contributed by atoms with van der Waals surface area (Å²) in [4.78, 5) is 16.1. The number of nitrogens with one attached hydrogen (secondary N) is 1. The van der Waals surface area contributed by atoms with Gasteiger partial charge in [-0.3, -0.25) is 4.79 Å². The van der Waals surface area contributed by atoms with E-state index in [1.165, 1.54) is 0 Å². The molecule has 134 valence electrons. The molecule has 1 heterocycles. The Kier molecular flexibility index (Phi) is 5.82. The van der Waals surface area contributed by atoms with Gasteiger partial charge in [-0.05, 0) is 36.4 Å². The average Bonchev–Trinajstić information content (AvgIpc) is 3.16. The standard InChI is InChI=1S/C19H19N3O4/c1-24-15-9-7-14(8-10-15)19-21-18(26-22-19)11-12-20-17(23)13-25-16-5-3-2-4-6-16/h2-10H,11-13H2,1H3,(H,20,23). The maximum Gasteiger partial charge on any atom is 0.257 e. The fourth-order valence-corrected chi connectivity index (χ4v) is 2.24. The molecule has 0 fully saturated rings. The van der Waals surface area contributed by atoms with Crippen molar-refractivity contribution >= 4 is 5.91 Å². The molecule has 0 radical (unpaired) electrons. The Hall–Kier alpha value is -3.35. The second kappa shape index (κ2) is 8.66. The SMILES string of the molecule is COc1ccc(-c2noc(CCNC(=O)COc3ccccc3)n2)cc1. The summed E-state index contributed by atoms with van der Waals surface area (Å²) in [6, 6.07) is 16.6. The molecule has 0 bridgehead atoms. The molecule has 7 heteroatoms. The van der Waals surface area contributed by atoms with Gasteiger partial charge in [-0.25, -0.2) is 0 Å². The molecule has 26 heavy (non-hydrogen) atoms. The molecule has 0 spiro atoms. The average molecular weight is 353 g/mol. The highest BCUT2D eigenvalue weighted by molar-refractivity contribution is 5.77. The molecule has 3 rings (SSSR count). The van der Waals surface area contributed by atoms with E-state index in [1.807, 2.05) is 42.5 Å². The first-order valence-corrected chi connectivity index (χ1v) is 8.16. The van der Waals surface area contributed by atoms with Crippen LogP contribution in [0.2, 0.25) is 0 Å². The lowest BCUT2D eigenvalue weighted by Crippen LogP contribution is -2.30. The zero-order valence-electron chi connectivity index (χ0n) is 14.3. The Balaban J connectivity index is 1.43. The van der Waals surface area contributed by atoms with Gasteiger partial charge in [-0.2, -0.15) is 4.98 Å². The quantitative estimate of drug-likeness (QED) is 0.669. The van der Waals surface area contributed by atoms with E-state index in [-0.39, 0.29) is 12.5 Å². The van der Waals surface area contributed by atoms with E-state index in [1.54, 1.807) is 19.2 Å². The zero-order chi connectivity index (χ0) is 18.2. The van der Waals surface area contributed by atoms with Gasteiger partial charge in [0, 0.05) is 18.5 Å². The molecule has 1 N–H and O–H groups in total. The van der Waals surface area contributed by atoms with E-state index in [9.17, 15) is 4.79 Å². The Morgan fingerprint density at radius 1 is 1.08 bits per heavy atom. The number of methoxy groups -OCH3 is 1. The van der Waals surface area contributed by atoms with E-state index < -0.39 is 0 Å². The van der Waals surface area contributed by atoms with Crippen LogP contribution < -0.4 is 14.8 Å². The minimum absolute atomic E-state index is 0.0368. The summed E-state index contributed by atoms with van der Waals surface area (Å²) in [6.45, 7) is 0.353. The van der Waals surface area contributed by atoms with Crippen molar-refractivity contribution in [1.29, 1.82) is 0 Å². The van der Waals surface area contributed by atoms with Gasteiger partial charge in [0.25, 0.3) is 5.91 Å². The summed E-state index contributed by atoms with van der Waals surface area (Å²) >= 11 is 0. The predicted molar refractivity (Wildman–Crippen MR) is 94.9 cm³/mol. The molecule has 1 amide bonds. The first-order valence-electron chi connectivity index (χ1n) is 8.16. The highest BCUT2D eigenvalue weighted by atomic mass is 16.5. The van der Waals surface area contributed by atoms with E-state index in [0.29, 0.717) is 30.4 Å². The molecule has 7 nitrogen and oxygen atoms in total. The topological polar surface area (TPSA) is 86.5 Å². The molecule has 1 aromatic heterocycles. The monoisotopic (exact) mass is 353 g/mol. The van der Waals surface area contributed by atoms with Crippen molar-refractivity contribution in [2.45, 2.75) is 6.42 Å². The van der Waals surface area contributed by atoms with Crippen LogP contribution in [0, 0.1) is 0 Å². The van der Waals surface area contributed by atoms with Crippen molar-refractivity contribution in [1.82, 2.24) is 15.5 Å².